The average molecular weight is 559 g/mol. The fraction of sp³-hybridized carbons (Fsp3) is 0.290. The highest BCUT2D eigenvalue weighted by Gasteiger charge is 2.38. The lowest BCUT2D eigenvalue weighted by Gasteiger charge is -2.32. The van der Waals surface area contributed by atoms with Crippen LogP contribution in [0.3, 0.4) is 0 Å². The summed E-state index contributed by atoms with van der Waals surface area (Å²) in [5, 5.41) is 2.91. The van der Waals surface area contributed by atoms with Crippen molar-refractivity contribution in [3.63, 3.8) is 0 Å². The van der Waals surface area contributed by atoms with E-state index in [0.29, 0.717) is 30.2 Å². The number of morpholine rings is 1. The SMILES string of the molecule is CCC(C(=O)Nc1ccc(N2CCOCC2)cc1)N(Cc1ccc(F)cc1)C(=O)CN1C(=O)C(=O)c2ccccc21. The smallest absolute Gasteiger partial charge is 0.299 e. The highest BCUT2D eigenvalue weighted by Crippen LogP contribution is 2.29. The zero-order valence-electron chi connectivity index (χ0n) is 22.7. The molecule has 1 saturated heterocycles. The van der Waals surface area contributed by atoms with Crippen molar-refractivity contribution in [2.75, 3.05) is 48.0 Å². The molecule has 1 fully saturated rings. The number of anilines is 3. The quantitative estimate of drug-likeness (QED) is 0.403. The molecule has 2 aliphatic heterocycles. The summed E-state index contributed by atoms with van der Waals surface area (Å²) in [6, 6.07) is 18.7. The topological polar surface area (TPSA) is 99.3 Å². The van der Waals surface area contributed by atoms with Gasteiger partial charge in [-0.15, -0.1) is 0 Å². The first-order chi connectivity index (χ1) is 19.9. The second-order valence-corrected chi connectivity index (χ2v) is 9.95. The second-order valence-electron chi connectivity index (χ2n) is 9.95. The molecule has 2 heterocycles. The monoisotopic (exact) mass is 558 g/mol. The molecule has 3 aromatic rings. The molecule has 0 spiro atoms. The average Bonchev–Trinajstić information content (AvgIpc) is 3.23. The lowest BCUT2D eigenvalue weighted by Crippen LogP contribution is -2.50. The molecule has 10 heteroatoms. The Balaban J connectivity index is 1.36. The van der Waals surface area contributed by atoms with Gasteiger partial charge in [0.2, 0.25) is 11.8 Å². The van der Waals surface area contributed by atoms with E-state index in [2.05, 4.69) is 10.2 Å². The maximum absolute atomic E-state index is 13.8. The van der Waals surface area contributed by atoms with Crippen LogP contribution in [0.2, 0.25) is 0 Å². The summed E-state index contributed by atoms with van der Waals surface area (Å²) in [6.45, 7) is 4.30. The van der Waals surface area contributed by atoms with Crippen LogP contribution in [0.15, 0.2) is 72.8 Å². The van der Waals surface area contributed by atoms with Crippen LogP contribution in [-0.4, -0.2) is 67.3 Å². The highest BCUT2D eigenvalue weighted by atomic mass is 19.1. The summed E-state index contributed by atoms with van der Waals surface area (Å²) in [6.07, 6.45) is 0.286. The number of para-hydroxylation sites is 1. The molecular formula is C31H31FN4O5. The van der Waals surface area contributed by atoms with Gasteiger partial charge in [0.05, 0.1) is 24.5 Å². The Morgan fingerprint density at radius 1 is 0.976 bits per heavy atom. The van der Waals surface area contributed by atoms with Gasteiger partial charge in [-0.1, -0.05) is 31.2 Å². The van der Waals surface area contributed by atoms with Gasteiger partial charge < -0.3 is 19.9 Å². The summed E-state index contributed by atoms with van der Waals surface area (Å²) >= 11 is 0. The third-order valence-electron chi connectivity index (χ3n) is 7.34. The van der Waals surface area contributed by atoms with Gasteiger partial charge in [-0.25, -0.2) is 4.39 Å². The van der Waals surface area contributed by atoms with Crippen LogP contribution in [0, 0.1) is 5.82 Å². The number of carbonyl (C=O) groups excluding carboxylic acids is 4. The van der Waals surface area contributed by atoms with Crippen LogP contribution < -0.4 is 15.1 Å². The number of nitrogens with one attached hydrogen (secondary N) is 1. The van der Waals surface area contributed by atoms with Gasteiger partial charge in [0.1, 0.15) is 18.4 Å². The minimum absolute atomic E-state index is 0.0125. The maximum Gasteiger partial charge on any atom is 0.299 e. The number of ketones is 1. The molecule has 0 radical (unpaired) electrons. The lowest BCUT2D eigenvalue weighted by atomic mass is 10.1. The van der Waals surface area contributed by atoms with E-state index in [1.165, 1.54) is 17.0 Å². The summed E-state index contributed by atoms with van der Waals surface area (Å²) in [4.78, 5) is 57.3. The van der Waals surface area contributed by atoms with Crippen molar-refractivity contribution in [2.24, 2.45) is 0 Å². The van der Waals surface area contributed by atoms with Crippen LogP contribution in [0.4, 0.5) is 21.5 Å². The van der Waals surface area contributed by atoms with E-state index >= 15 is 0 Å². The first-order valence-electron chi connectivity index (χ1n) is 13.6. The summed E-state index contributed by atoms with van der Waals surface area (Å²) in [5.74, 6) is -2.80. The van der Waals surface area contributed by atoms with E-state index in [0.717, 1.165) is 23.7 Å². The molecule has 3 amide bonds. The van der Waals surface area contributed by atoms with Gasteiger partial charge in [-0.2, -0.15) is 0 Å². The molecule has 41 heavy (non-hydrogen) atoms. The molecule has 1 N–H and O–H groups in total. The predicted molar refractivity (Wildman–Crippen MR) is 152 cm³/mol. The fourth-order valence-electron chi connectivity index (χ4n) is 5.14. The standard InChI is InChI=1S/C31H31FN4O5/c1-2-26(30(39)33-23-11-13-24(14-12-23)34-15-17-41-18-16-34)35(19-21-7-9-22(32)10-8-21)28(37)20-36-27-6-4-3-5-25(27)29(38)31(36)40/h3-14,26H,2,15-20H2,1H3,(H,33,39). The molecule has 0 aromatic heterocycles. The summed E-state index contributed by atoms with van der Waals surface area (Å²) in [5.41, 5.74) is 2.81. The van der Waals surface area contributed by atoms with Gasteiger partial charge in [-0.05, 0) is 60.5 Å². The highest BCUT2D eigenvalue weighted by molar-refractivity contribution is 6.52. The first kappa shape index (κ1) is 28.0. The van der Waals surface area contributed by atoms with Crippen molar-refractivity contribution in [2.45, 2.75) is 25.9 Å². The number of benzene rings is 3. The van der Waals surface area contributed by atoms with E-state index < -0.39 is 41.9 Å². The molecule has 3 aromatic carbocycles. The Morgan fingerprint density at radius 3 is 2.34 bits per heavy atom. The molecule has 0 bridgehead atoms. The van der Waals surface area contributed by atoms with E-state index in [-0.39, 0.29) is 18.5 Å². The number of ether oxygens (including phenoxy) is 1. The van der Waals surface area contributed by atoms with Crippen LogP contribution >= 0.6 is 0 Å². The number of amides is 3. The van der Waals surface area contributed by atoms with Crippen molar-refractivity contribution in [3.8, 4) is 0 Å². The molecule has 1 atom stereocenters. The number of fused-ring (bicyclic) bond motifs is 1. The van der Waals surface area contributed by atoms with Gasteiger partial charge in [0, 0.05) is 31.0 Å². The Bertz CT molecular complexity index is 1440. The van der Waals surface area contributed by atoms with Gasteiger partial charge >= 0.3 is 0 Å². The predicted octanol–water partition coefficient (Wildman–Crippen LogP) is 3.64. The minimum Gasteiger partial charge on any atom is -0.378 e. The van der Waals surface area contributed by atoms with Crippen molar-refractivity contribution < 1.29 is 28.3 Å². The Morgan fingerprint density at radius 2 is 1.66 bits per heavy atom. The number of carbonyl (C=O) groups is 4. The van der Waals surface area contributed by atoms with Crippen molar-refractivity contribution >= 4 is 40.6 Å². The van der Waals surface area contributed by atoms with E-state index in [1.54, 1.807) is 43.3 Å². The van der Waals surface area contributed by atoms with E-state index in [1.807, 2.05) is 24.3 Å². The summed E-state index contributed by atoms with van der Waals surface area (Å²) < 4.78 is 19.0. The maximum atomic E-state index is 13.8. The Labute approximate surface area is 237 Å². The van der Waals surface area contributed by atoms with E-state index in [9.17, 15) is 23.6 Å². The molecule has 2 aliphatic rings. The number of nitrogens with zero attached hydrogens (tertiary/aromatic N) is 3. The zero-order valence-corrected chi connectivity index (χ0v) is 22.7. The number of hydrogen-bond acceptors (Lipinski definition) is 6. The first-order valence-corrected chi connectivity index (χ1v) is 13.6. The van der Waals surface area contributed by atoms with Gasteiger partial charge in [0.15, 0.2) is 0 Å². The van der Waals surface area contributed by atoms with Crippen LogP contribution in [0.5, 0.6) is 0 Å². The number of hydrogen-bond donors (Lipinski definition) is 1. The Hall–Kier alpha value is -4.57. The van der Waals surface area contributed by atoms with Crippen molar-refractivity contribution in [1.82, 2.24) is 4.90 Å². The van der Waals surface area contributed by atoms with Crippen molar-refractivity contribution in [1.29, 1.82) is 0 Å². The molecular weight excluding hydrogens is 527 g/mol. The molecule has 0 saturated carbocycles. The number of halogens is 1. The number of Topliss-reactive ketones (excluding diaryl/α,β-unsaturated/α-hetero) is 1. The van der Waals surface area contributed by atoms with Crippen LogP contribution in [0.25, 0.3) is 0 Å². The fourth-order valence-corrected chi connectivity index (χ4v) is 5.14. The third kappa shape index (κ3) is 6.12. The second kappa shape index (κ2) is 12.3. The largest absolute Gasteiger partial charge is 0.378 e. The van der Waals surface area contributed by atoms with Crippen LogP contribution in [0.1, 0.15) is 29.3 Å². The molecule has 1 unspecified atom stereocenters. The van der Waals surface area contributed by atoms with Gasteiger partial charge in [0.25, 0.3) is 11.7 Å². The molecule has 5 rings (SSSR count). The number of rotatable bonds is 9. The third-order valence-corrected chi connectivity index (χ3v) is 7.34. The summed E-state index contributed by atoms with van der Waals surface area (Å²) in [7, 11) is 0. The van der Waals surface area contributed by atoms with Crippen molar-refractivity contribution in [3.05, 3.63) is 89.7 Å². The molecule has 0 aliphatic carbocycles. The van der Waals surface area contributed by atoms with Gasteiger partial charge in [-0.3, -0.25) is 24.1 Å². The minimum atomic E-state index is -0.893. The lowest BCUT2D eigenvalue weighted by molar-refractivity contribution is -0.138. The normalized spacial score (nSPS) is 15.5. The molecule has 9 nitrogen and oxygen atoms in total. The Kier molecular flexibility index (Phi) is 8.39. The van der Waals surface area contributed by atoms with Crippen LogP contribution in [-0.2, 0) is 25.7 Å². The molecule has 212 valence electrons. The zero-order chi connectivity index (χ0) is 28.9. The van der Waals surface area contributed by atoms with E-state index in [4.69, 9.17) is 4.74 Å².